The highest BCUT2D eigenvalue weighted by Gasteiger charge is 2.23. The molecule has 7 heteroatoms. The predicted octanol–water partition coefficient (Wildman–Crippen LogP) is 5.08. The minimum absolute atomic E-state index is 0.128. The first-order valence-corrected chi connectivity index (χ1v) is 11.0. The Hall–Kier alpha value is -3.77. The molecule has 3 aromatic rings. The number of carbonyl (C=O) groups is 2. The van der Waals surface area contributed by atoms with Crippen molar-refractivity contribution in [2.75, 3.05) is 18.5 Å². The van der Waals surface area contributed by atoms with Gasteiger partial charge in [-0.3, -0.25) is 9.59 Å². The summed E-state index contributed by atoms with van der Waals surface area (Å²) in [7, 11) is 0. The van der Waals surface area contributed by atoms with Gasteiger partial charge in [-0.05, 0) is 66.9 Å². The van der Waals surface area contributed by atoms with Crippen LogP contribution in [0.25, 0.3) is 6.08 Å². The van der Waals surface area contributed by atoms with Crippen LogP contribution in [0.3, 0.4) is 0 Å². The summed E-state index contributed by atoms with van der Waals surface area (Å²) in [6, 6.07) is 19.9. The van der Waals surface area contributed by atoms with Crippen LogP contribution < -0.4 is 20.1 Å². The summed E-state index contributed by atoms with van der Waals surface area (Å²) in [6.07, 6.45) is 2.28. The highest BCUT2D eigenvalue weighted by Crippen LogP contribution is 2.33. The second-order valence-electron chi connectivity index (χ2n) is 7.38. The molecular weight excluding hydrogens is 440 g/mol. The van der Waals surface area contributed by atoms with Crippen molar-refractivity contribution in [3.05, 3.63) is 94.2 Å². The summed E-state index contributed by atoms with van der Waals surface area (Å²) < 4.78 is 11.2. The van der Waals surface area contributed by atoms with E-state index in [1.54, 1.807) is 36.4 Å². The second kappa shape index (κ2) is 10.2. The summed E-state index contributed by atoms with van der Waals surface area (Å²) in [5, 5.41) is 6.20. The number of fused-ring (bicyclic) bond motifs is 1. The molecule has 2 N–H and O–H groups in total. The Labute approximate surface area is 197 Å². The zero-order valence-electron chi connectivity index (χ0n) is 18.1. The molecule has 1 aliphatic rings. The molecule has 168 valence electrons. The number of rotatable bonds is 7. The maximum absolute atomic E-state index is 12.6. The SMILES string of the molecule is CCOc1ccc(CCNC(=O)c2ccc3c(c2)NC(=O)C(=Cc2ccccc2Cl)O3)cc1. The average molecular weight is 463 g/mol. The van der Waals surface area contributed by atoms with E-state index in [1.807, 2.05) is 43.3 Å². The number of hydrogen-bond acceptors (Lipinski definition) is 4. The van der Waals surface area contributed by atoms with Crippen molar-refractivity contribution >= 4 is 35.2 Å². The van der Waals surface area contributed by atoms with Crippen LogP contribution in [0, 0.1) is 0 Å². The van der Waals surface area contributed by atoms with Crippen molar-refractivity contribution in [1.29, 1.82) is 0 Å². The van der Waals surface area contributed by atoms with Crippen LogP contribution in [0.15, 0.2) is 72.5 Å². The quantitative estimate of drug-likeness (QED) is 0.480. The van der Waals surface area contributed by atoms with Crippen LogP contribution in [0.1, 0.15) is 28.4 Å². The van der Waals surface area contributed by atoms with Crippen molar-refractivity contribution in [2.45, 2.75) is 13.3 Å². The fraction of sp³-hybridized carbons (Fsp3) is 0.154. The second-order valence-corrected chi connectivity index (χ2v) is 7.79. The third-order valence-electron chi connectivity index (χ3n) is 5.06. The fourth-order valence-corrected chi connectivity index (χ4v) is 3.57. The van der Waals surface area contributed by atoms with Crippen molar-refractivity contribution in [2.24, 2.45) is 0 Å². The summed E-state index contributed by atoms with van der Waals surface area (Å²) in [6.45, 7) is 3.05. The highest BCUT2D eigenvalue weighted by molar-refractivity contribution is 6.32. The van der Waals surface area contributed by atoms with Gasteiger partial charge in [0.1, 0.15) is 5.75 Å². The topological polar surface area (TPSA) is 76.7 Å². The number of amides is 2. The molecule has 0 bridgehead atoms. The predicted molar refractivity (Wildman–Crippen MR) is 129 cm³/mol. The molecule has 1 aliphatic heterocycles. The molecule has 6 nitrogen and oxygen atoms in total. The third-order valence-corrected chi connectivity index (χ3v) is 5.40. The van der Waals surface area contributed by atoms with E-state index >= 15 is 0 Å². The molecule has 0 aromatic heterocycles. The molecule has 0 spiro atoms. The number of ether oxygens (including phenoxy) is 2. The summed E-state index contributed by atoms with van der Waals surface area (Å²) in [5.41, 5.74) is 2.65. The monoisotopic (exact) mass is 462 g/mol. The lowest BCUT2D eigenvalue weighted by Crippen LogP contribution is -2.27. The molecule has 3 aromatic carbocycles. The van der Waals surface area contributed by atoms with Crippen LogP contribution >= 0.6 is 11.6 Å². The van der Waals surface area contributed by atoms with Gasteiger partial charge in [-0.2, -0.15) is 0 Å². The summed E-state index contributed by atoms with van der Waals surface area (Å²) >= 11 is 6.17. The lowest BCUT2D eigenvalue weighted by Gasteiger charge is -2.20. The number of hydrogen-bond donors (Lipinski definition) is 2. The minimum Gasteiger partial charge on any atom is -0.494 e. The minimum atomic E-state index is -0.407. The molecule has 33 heavy (non-hydrogen) atoms. The molecule has 2 amide bonds. The van der Waals surface area contributed by atoms with E-state index in [4.69, 9.17) is 21.1 Å². The standard InChI is InChI=1S/C26H23ClN2O4/c1-2-32-20-10-7-17(8-11-20)13-14-28-25(30)19-9-12-23-22(15-19)29-26(31)24(33-23)16-18-5-3-4-6-21(18)27/h3-12,15-16H,2,13-14H2,1H3,(H,28,30)(H,29,31). The van der Waals surface area contributed by atoms with E-state index < -0.39 is 5.91 Å². The number of nitrogens with one attached hydrogen (secondary N) is 2. The van der Waals surface area contributed by atoms with Crippen LogP contribution in [0.4, 0.5) is 5.69 Å². The Balaban J connectivity index is 1.38. The van der Waals surface area contributed by atoms with Gasteiger partial charge in [-0.25, -0.2) is 0 Å². The molecule has 0 fully saturated rings. The fourth-order valence-electron chi connectivity index (χ4n) is 3.38. The maximum atomic E-state index is 12.6. The molecule has 0 aliphatic carbocycles. The van der Waals surface area contributed by atoms with Gasteiger partial charge in [-0.1, -0.05) is 41.9 Å². The Kier molecular flexibility index (Phi) is 6.95. The Morgan fingerprint density at radius 2 is 1.91 bits per heavy atom. The maximum Gasteiger partial charge on any atom is 0.291 e. The van der Waals surface area contributed by atoms with Gasteiger partial charge in [-0.15, -0.1) is 0 Å². The number of anilines is 1. The van der Waals surface area contributed by atoms with Gasteiger partial charge in [0.25, 0.3) is 11.8 Å². The zero-order chi connectivity index (χ0) is 23.2. The summed E-state index contributed by atoms with van der Waals surface area (Å²) in [4.78, 5) is 25.1. The third kappa shape index (κ3) is 5.54. The van der Waals surface area contributed by atoms with Crippen LogP contribution in [0.2, 0.25) is 5.02 Å². The lowest BCUT2D eigenvalue weighted by atomic mass is 10.1. The number of halogens is 1. The smallest absolute Gasteiger partial charge is 0.291 e. The molecular formula is C26H23ClN2O4. The van der Waals surface area contributed by atoms with E-state index in [-0.39, 0.29) is 11.7 Å². The van der Waals surface area contributed by atoms with Gasteiger partial charge in [0.15, 0.2) is 11.5 Å². The first kappa shape index (κ1) is 22.4. The molecule has 0 radical (unpaired) electrons. The van der Waals surface area contributed by atoms with E-state index in [0.29, 0.717) is 47.2 Å². The van der Waals surface area contributed by atoms with E-state index in [0.717, 1.165) is 11.3 Å². The van der Waals surface area contributed by atoms with Crippen molar-refractivity contribution in [3.8, 4) is 11.5 Å². The van der Waals surface area contributed by atoms with Gasteiger partial charge in [0.05, 0.1) is 12.3 Å². The Morgan fingerprint density at radius 3 is 2.67 bits per heavy atom. The largest absolute Gasteiger partial charge is 0.494 e. The van der Waals surface area contributed by atoms with Crippen molar-refractivity contribution < 1.29 is 19.1 Å². The molecule has 0 atom stereocenters. The molecule has 0 saturated carbocycles. The number of carbonyl (C=O) groups excluding carboxylic acids is 2. The lowest BCUT2D eigenvalue weighted by molar-refractivity contribution is -0.115. The molecule has 0 unspecified atom stereocenters. The van der Waals surface area contributed by atoms with Crippen LogP contribution in [-0.2, 0) is 11.2 Å². The normalized spacial score (nSPS) is 13.6. The van der Waals surface area contributed by atoms with Gasteiger partial charge < -0.3 is 20.1 Å². The first-order valence-electron chi connectivity index (χ1n) is 10.6. The molecule has 1 heterocycles. The summed E-state index contributed by atoms with van der Waals surface area (Å²) in [5.74, 6) is 0.779. The van der Waals surface area contributed by atoms with Gasteiger partial charge in [0.2, 0.25) is 0 Å². The van der Waals surface area contributed by atoms with Crippen LogP contribution in [0.5, 0.6) is 11.5 Å². The van der Waals surface area contributed by atoms with Crippen molar-refractivity contribution in [3.63, 3.8) is 0 Å². The zero-order valence-corrected chi connectivity index (χ0v) is 18.8. The number of benzene rings is 3. The molecule has 0 saturated heterocycles. The van der Waals surface area contributed by atoms with Crippen molar-refractivity contribution in [1.82, 2.24) is 5.32 Å². The Morgan fingerprint density at radius 1 is 1.12 bits per heavy atom. The van der Waals surface area contributed by atoms with Crippen LogP contribution in [-0.4, -0.2) is 25.0 Å². The average Bonchev–Trinajstić information content (AvgIpc) is 2.82. The first-order chi connectivity index (χ1) is 16.0. The van der Waals surface area contributed by atoms with E-state index in [1.165, 1.54) is 0 Å². The van der Waals surface area contributed by atoms with E-state index in [9.17, 15) is 9.59 Å². The Bertz CT molecular complexity index is 1210. The van der Waals surface area contributed by atoms with Gasteiger partial charge >= 0.3 is 0 Å². The molecule has 4 rings (SSSR count). The van der Waals surface area contributed by atoms with Gasteiger partial charge in [0, 0.05) is 17.1 Å². The highest BCUT2D eigenvalue weighted by atomic mass is 35.5. The van der Waals surface area contributed by atoms with E-state index in [2.05, 4.69) is 10.6 Å².